The highest BCUT2D eigenvalue weighted by molar-refractivity contribution is 6.35. The van der Waals surface area contributed by atoms with E-state index >= 15 is 0 Å². The van der Waals surface area contributed by atoms with Gasteiger partial charge in [0, 0.05) is 23.7 Å². The van der Waals surface area contributed by atoms with Crippen LogP contribution in [0.15, 0.2) is 36.4 Å². The molecule has 0 bridgehead atoms. The van der Waals surface area contributed by atoms with Crippen molar-refractivity contribution in [2.45, 2.75) is 6.92 Å². The number of carbonyl (C=O) groups excluding carboxylic acids is 2. The van der Waals surface area contributed by atoms with Crippen LogP contribution in [0.25, 0.3) is 0 Å². The van der Waals surface area contributed by atoms with Gasteiger partial charge in [-0.25, -0.2) is 8.78 Å². The van der Waals surface area contributed by atoms with E-state index in [9.17, 15) is 18.4 Å². The third-order valence-corrected chi connectivity index (χ3v) is 3.64. The van der Waals surface area contributed by atoms with Gasteiger partial charge in [-0.05, 0) is 30.3 Å². The molecule has 0 unspecified atom stereocenters. The summed E-state index contributed by atoms with van der Waals surface area (Å²) in [5, 5.41) is 2.98. The van der Waals surface area contributed by atoms with Gasteiger partial charge in [-0.1, -0.05) is 23.2 Å². The number of nitrogens with one attached hydrogen (secondary N) is 1. The smallest absolute Gasteiger partial charge is 0.244 e. The molecular weight excluding hydrogens is 361 g/mol. The fraction of sp³-hybridized carbons (Fsp3) is 0.125. The van der Waals surface area contributed by atoms with Crippen molar-refractivity contribution in [1.29, 1.82) is 0 Å². The molecule has 8 heteroatoms. The Morgan fingerprint density at radius 2 is 1.79 bits per heavy atom. The van der Waals surface area contributed by atoms with Gasteiger partial charge < -0.3 is 10.2 Å². The Bertz CT molecular complexity index is 800. The number of benzene rings is 2. The second-order valence-corrected chi connectivity index (χ2v) is 5.72. The quantitative estimate of drug-likeness (QED) is 0.871. The maximum absolute atomic E-state index is 13.2. The summed E-state index contributed by atoms with van der Waals surface area (Å²) in [6.07, 6.45) is 0. The number of rotatable bonds is 4. The van der Waals surface area contributed by atoms with E-state index in [0.29, 0.717) is 5.02 Å². The van der Waals surface area contributed by atoms with Crippen LogP contribution < -0.4 is 10.2 Å². The van der Waals surface area contributed by atoms with Gasteiger partial charge in [-0.2, -0.15) is 0 Å². The summed E-state index contributed by atoms with van der Waals surface area (Å²) in [6, 6.07) is 7.45. The van der Waals surface area contributed by atoms with Gasteiger partial charge in [0.25, 0.3) is 0 Å². The third kappa shape index (κ3) is 4.43. The summed E-state index contributed by atoms with van der Waals surface area (Å²) in [4.78, 5) is 25.1. The monoisotopic (exact) mass is 372 g/mol. The molecule has 0 aliphatic heterocycles. The zero-order valence-electron chi connectivity index (χ0n) is 12.4. The standard InChI is InChI=1S/C16H12Cl2F2N2O2/c1-9(23)22(15-6-10(17)2-4-12(15)18)8-16(24)21-11-3-5-13(19)14(20)7-11/h2-7H,8H2,1H3,(H,21,24). The van der Waals surface area contributed by atoms with Crippen LogP contribution in [0.1, 0.15) is 6.92 Å². The highest BCUT2D eigenvalue weighted by Crippen LogP contribution is 2.29. The number of amides is 2. The van der Waals surface area contributed by atoms with E-state index in [1.165, 1.54) is 25.1 Å². The maximum atomic E-state index is 13.2. The predicted octanol–water partition coefficient (Wildman–Crippen LogP) is 4.26. The lowest BCUT2D eigenvalue weighted by atomic mass is 10.2. The molecule has 24 heavy (non-hydrogen) atoms. The van der Waals surface area contributed by atoms with Gasteiger partial charge in [-0.15, -0.1) is 0 Å². The summed E-state index contributed by atoms with van der Waals surface area (Å²) >= 11 is 11.9. The number of carbonyl (C=O) groups is 2. The number of halogens is 4. The average molecular weight is 373 g/mol. The van der Waals surface area contributed by atoms with E-state index in [1.807, 2.05) is 0 Å². The van der Waals surface area contributed by atoms with Crippen molar-refractivity contribution in [2.75, 3.05) is 16.8 Å². The van der Waals surface area contributed by atoms with Crippen molar-refractivity contribution in [2.24, 2.45) is 0 Å². The van der Waals surface area contributed by atoms with E-state index < -0.39 is 23.4 Å². The first-order valence-corrected chi connectivity index (χ1v) is 7.51. The van der Waals surface area contributed by atoms with E-state index in [2.05, 4.69) is 5.32 Å². The summed E-state index contributed by atoms with van der Waals surface area (Å²) in [5.74, 6) is -3.15. The molecule has 2 rings (SSSR count). The zero-order chi connectivity index (χ0) is 17.9. The summed E-state index contributed by atoms with van der Waals surface area (Å²) < 4.78 is 26.0. The molecule has 2 aromatic rings. The molecular formula is C16H12Cl2F2N2O2. The Morgan fingerprint density at radius 3 is 2.42 bits per heavy atom. The van der Waals surface area contributed by atoms with Gasteiger partial charge >= 0.3 is 0 Å². The largest absolute Gasteiger partial charge is 0.324 e. The Morgan fingerprint density at radius 1 is 1.08 bits per heavy atom. The van der Waals surface area contributed by atoms with Crippen molar-refractivity contribution >= 4 is 46.4 Å². The first-order chi connectivity index (χ1) is 11.3. The van der Waals surface area contributed by atoms with Crippen molar-refractivity contribution in [3.8, 4) is 0 Å². The normalized spacial score (nSPS) is 10.4. The van der Waals surface area contributed by atoms with Gasteiger partial charge in [0.2, 0.25) is 11.8 Å². The van der Waals surface area contributed by atoms with Crippen LogP contribution in [-0.4, -0.2) is 18.4 Å². The predicted molar refractivity (Wildman–Crippen MR) is 89.5 cm³/mol. The molecule has 2 aromatic carbocycles. The molecule has 0 aliphatic carbocycles. The van der Waals surface area contributed by atoms with E-state index in [1.54, 1.807) is 6.07 Å². The van der Waals surface area contributed by atoms with Crippen molar-refractivity contribution in [3.05, 3.63) is 58.1 Å². The second kappa shape index (κ2) is 7.59. The van der Waals surface area contributed by atoms with Crippen molar-refractivity contribution in [3.63, 3.8) is 0 Å². The molecule has 0 heterocycles. The van der Waals surface area contributed by atoms with Crippen LogP contribution in [-0.2, 0) is 9.59 Å². The molecule has 0 aromatic heterocycles. The first-order valence-electron chi connectivity index (χ1n) is 6.76. The number of anilines is 2. The number of hydrogen-bond acceptors (Lipinski definition) is 2. The van der Waals surface area contributed by atoms with Gasteiger partial charge in [0.15, 0.2) is 11.6 Å². The fourth-order valence-electron chi connectivity index (χ4n) is 1.98. The van der Waals surface area contributed by atoms with Crippen LogP contribution >= 0.6 is 23.2 Å². The summed E-state index contributed by atoms with van der Waals surface area (Å²) in [5.41, 5.74) is 0.344. The molecule has 4 nitrogen and oxygen atoms in total. The number of hydrogen-bond donors (Lipinski definition) is 1. The van der Waals surface area contributed by atoms with Gasteiger partial charge in [0.1, 0.15) is 6.54 Å². The molecule has 1 N–H and O–H groups in total. The van der Waals surface area contributed by atoms with Gasteiger partial charge in [0.05, 0.1) is 10.7 Å². The molecule has 0 spiro atoms. The maximum Gasteiger partial charge on any atom is 0.244 e. The molecule has 0 fully saturated rings. The Labute approximate surface area is 147 Å². The summed E-state index contributed by atoms with van der Waals surface area (Å²) in [7, 11) is 0. The molecule has 0 saturated carbocycles. The Hall–Kier alpha value is -2.18. The molecule has 0 aliphatic rings. The second-order valence-electron chi connectivity index (χ2n) is 4.88. The lowest BCUT2D eigenvalue weighted by Crippen LogP contribution is -2.36. The van der Waals surface area contributed by atoms with E-state index in [0.717, 1.165) is 17.0 Å². The minimum absolute atomic E-state index is 0.0691. The molecule has 0 saturated heterocycles. The van der Waals surface area contributed by atoms with E-state index in [-0.39, 0.29) is 22.9 Å². The van der Waals surface area contributed by atoms with Crippen LogP contribution in [0.2, 0.25) is 10.0 Å². The van der Waals surface area contributed by atoms with Gasteiger partial charge in [-0.3, -0.25) is 9.59 Å². The molecule has 126 valence electrons. The minimum atomic E-state index is -1.09. The van der Waals surface area contributed by atoms with Crippen molar-refractivity contribution < 1.29 is 18.4 Å². The van der Waals surface area contributed by atoms with Crippen molar-refractivity contribution in [1.82, 2.24) is 0 Å². The topological polar surface area (TPSA) is 49.4 Å². The van der Waals surface area contributed by atoms with Crippen LogP contribution in [0.4, 0.5) is 20.2 Å². The Kier molecular flexibility index (Phi) is 5.75. The lowest BCUT2D eigenvalue weighted by Gasteiger charge is -2.22. The highest BCUT2D eigenvalue weighted by atomic mass is 35.5. The summed E-state index contributed by atoms with van der Waals surface area (Å²) in [6.45, 7) is 0.899. The van der Waals surface area contributed by atoms with Crippen LogP contribution in [0.5, 0.6) is 0 Å². The average Bonchev–Trinajstić information content (AvgIpc) is 2.51. The fourth-order valence-corrected chi connectivity index (χ4v) is 2.36. The van der Waals surface area contributed by atoms with Crippen LogP contribution in [0.3, 0.4) is 0 Å². The molecule has 2 amide bonds. The third-order valence-electron chi connectivity index (χ3n) is 3.08. The minimum Gasteiger partial charge on any atom is -0.324 e. The zero-order valence-corrected chi connectivity index (χ0v) is 14.0. The number of nitrogens with zero attached hydrogens (tertiary/aromatic N) is 1. The van der Waals surface area contributed by atoms with Crippen LogP contribution in [0, 0.1) is 11.6 Å². The SMILES string of the molecule is CC(=O)N(CC(=O)Nc1ccc(F)c(F)c1)c1cc(Cl)ccc1Cl. The Balaban J connectivity index is 2.18. The lowest BCUT2D eigenvalue weighted by molar-refractivity contribution is -0.120. The molecule has 0 atom stereocenters. The highest BCUT2D eigenvalue weighted by Gasteiger charge is 2.19. The van der Waals surface area contributed by atoms with E-state index in [4.69, 9.17) is 23.2 Å². The molecule has 0 radical (unpaired) electrons. The first kappa shape index (κ1) is 18.2.